The van der Waals surface area contributed by atoms with Gasteiger partial charge in [-0.25, -0.2) is 9.69 Å². The maximum absolute atomic E-state index is 13.9. The van der Waals surface area contributed by atoms with E-state index in [-0.39, 0.29) is 35.6 Å². The lowest BCUT2D eigenvalue weighted by Crippen LogP contribution is -2.52. The number of nitrogens with zero attached hydrogens (tertiary/aromatic N) is 1. The second-order valence-electron chi connectivity index (χ2n) is 12.8. The van der Waals surface area contributed by atoms with E-state index < -0.39 is 20.3 Å². The third kappa shape index (κ3) is 9.03. The molecule has 1 saturated heterocycles. The molecule has 0 N–H and O–H groups in total. The third-order valence-corrected chi connectivity index (χ3v) is 13.0. The summed E-state index contributed by atoms with van der Waals surface area (Å²) in [5, 5.41) is -0.0265. The standard InChI is InChI=1S/C34H49NO6Si/c1-25(14-12-13-21-39-23-28-17-19-30(38-6)20-18-28)31(41-42(7,8)34(3,4)5)26(2)32(36)35-29(24-40-33(35)37)22-27-15-10-9-11-16-27/h9-13,15-20,25-26,29,31H,14,21-24H2,1-8H3/b13-12-/t25-,26+,29+,31-/m1/s1. The van der Waals surface area contributed by atoms with Crippen LogP contribution in [-0.2, 0) is 31.7 Å². The summed E-state index contributed by atoms with van der Waals surface area (Å²) in [6, 6.07) is 17.4. The van der Waals surface area contributed by atoms with Gasteiger partial charge in [0, 0.05) is 0 Å². The molecule has 8 heteroatoms. The van der Waals surface area contributed by atoms with Crippen LogP contribution >= 0.6 is 0 Å². The number of rotatable bonds is 14. The van der Waals surface area contributed by atoms with Crippen molar-refractivity contribution in [2.24, 2.45) is 11.8 Å². The Bertz CT molecular complexity index is 1170. The molecule has 0 unspecified atom stereocenters. The Morgan fingerprint density at radius 1 is 1.05 bits per heavy atom. The van der Waals surface area contributed by atoms with E-state index >= 15 is 0 Å². The number of hydrogen-bond donors (Lipinski definition) is 0. The van der Waals surface area contributed by atoms with Crippen LogP contribution in [0.5, 0.6) is 5.75 Å². The summed E-state index contributed by atoms with van der Waals surface area (Å²) in [4.78, 5) is 28.1. The van der Waals surface area contributed by atoms with Gasteiger partial charge in [0.25, 0.3) is 0 Å². The Balaban J connectivity index is 1.68. The molecule has 4 atom stereocenters. The molecule has 3 rings (SSSR count). The first kappa shape index (κ1) is 33.6. The van der Waals surface area contributed by atoms with E-state index in [0.717, 1.165) is 23.3 Å². The summed E-state index contributed by atoms with van der Waals surface area (Å²) >= 11 is 0. The molecular formula is C34H49NO6Si. The molecule has 2 aromatic rings. The van der Waals surface area contributed by atoms with Crippen LogP contribution in [0.2, 0.25) is 18.1 Å². The first-order chi connectivity index (χ1) is 19.8. The van der Waals surface area contributed by atoms with Crippen molar-refractivity contribution in [3.63, 3.8) is 0 Å². The lowest BCUT2D eigenvalue weighted by Gasteiger charge is -2.43. The molecule has 0 aromatic heterocycles. The molecule has 0 radical (unpaired) electrons. The topological polar surface area (TPSA) is 74.3 Å². The summed E-state index contributed by atoms with van der Waals surface area (Å²) < 4.78 is 23.3. The van der Waals surface area contributed by atoms with Gasteiger partial charge in [-0.15, -0.1) is 0 Å². The fourth-order valence-corrected chi connectivity index (χ4v) is 6.30. The van der Waals surface area contributed by atoms with Crippen molar-refractivity contribution in [2.75, 3.05) is 20.3 Å². The number of methoxy groups -OCH3 is 1. The zero-order chi connectivity index (χ0) is 30.9. The first-order valence-corrected chi connectivity index (χ1v) is 17.8. The van der Waals surface area contributed by atoms with Crippen molar-refractivity contribution < 1.29 is 28.2 Å². The Kier molecular flexibility index (Phi) is 12.0. The first-order valence-electron chi connectivity index (χ1n) is 14.9. The van der Waals surface area contributed by atoms with Gasteiger partial charge in [0.2, 0.25) is 5.91 Å². The number of carbonyl (C=O) groups is 2. The largest absolute Gasteiger partial charge is 0.497 e. The van der Waals surface area contributed by atoms with Gasteiger partial charge in [-0.3, -0.25) is 4.79 Å². The molecule has 1 aliphatic rings. The molecule has 0 bridgehead atoms. The Labute approximate surface area is 253 Å². The molecule has 1 fully saturated rings. The number of imide groups is 1. The molecule has 0 saturated carbocycles. The van der Waals surface area contributed by atoms with E-state index in [9.17, 15) is 9.59 Å². The molecule has 0 aliphatic carbocycles. The van der Waals surface area contributed by atoms with Crippen LogP contribution in [0.15, 0.2) is 66.7 Å². The van der Waals surface area contributed by atoms with Crippen LogP contribution in [0.25, 0.3) is 0 Å². The summed E-state index contributed by atoms with van der Waals surface area (Å²) in [6.07, 6.45) is 4.48. The van der Waals surface area contributed by atoms with Crippen molar-refractivity contribution in [3.05, 3.63) is 77.9 Å². The minimum absolute atomic E-state index is 0.0265. The van der Waals surface area contributed by atoms with Crippen LogP contribution in [0.3, 0.4) is 0 Å². The van der Waals surface area contributed by atoms with E-state index in [0.29, 0.717) is 19.6 Å². The number of benzene rings is 2. The van der Waals surface area contributed by atoms with E-state index in [4.69, 9.17) is 18.6 Å². The quantitative estimate of drug-likeness (QED) is 0.129. The highest BCUT2D eigenvalue weighted by Gasteiger charge is 2.46. The van der Waals surface area contributed by atoms with Crippen molar-refractivity contribution in [3.8, 4) is 5.75 Å². The van der Waals surface area contributed by atoms with Crippen molar-refractivity contribution in [1.82, 2.24) is 4.90 Å². The Morgan fingerprint density at radius 2 is 1.71 bits per heavy atom. The third-order valence-electron chi connectivity index (χ3n) is 8.51. The van der Waals surface area contributed by atoms with Crippen molar-refractivity contribution in [2.45, 2.75) is 84.3 Å². The molecule has 7 nitrogen and oxygen atoms in total. The summed E-state index contributed by atoms with van der Waals surface area (Å²) in [5.74, 6) is 0.115. The maximum Gasteiger partial charge on any atom is 0.416 e. The van der Waals surface area contributed by atoms with Crippen molar-refractivity contribution in [1.29, 1.82) is 0 Å². The molecule has 230 valence electrons. The van der Waals surface area contributed by atoms with Crippen molar-refractivity contribution >= 4 is 20.3 Å². The van der Waals surface area contributed by atoms with Crippen LogP contribution in [-0.4, -0.2) is 57.7 Å². The van der Waals surface area contributed by atoms with E-state index in [1.165, 1.54) is 4.90 Å². The lowest BCUT2D eigenvalue weighted by molar-refractivity contribution is -0.137. The molecule has 42 heavy (non-hydrogen) atoms. The normalized spacial score (nSPS) is 18.1. The van der Waals surface area contributed by atoms with Gasteiger partial charge in [-0.2, -0.15) is 0 Å². The van der Waals surface area contributed by atoms with E-state index in [1.54, 1.807) is 7.11 Å². The molecule has 2 amide bonds. The van der Waals surface area contributed by atoms with E-state index in [2.05, 4.69) is 46.9 Å². The fraction of sp³-hybridized carbons (Fsp3) is 0.529. The predicted octanol–water partition coefficient (Wildman–Crippen LogP) is 7.41. The second-order valence-corrected chi connectivity index (χ2v) is 17.6. The van der Waals surface area contributed by atoms with Gasteiger partial charge in [-0.1, -0.05) is 89.2 Å². The highest BCUT2D eigenvalue weighted by atomic mass is 28.4. The Hall–Kier alpha value is -2.94. The monoisotopic (exact) mass is 595 g/mol. The summed E-state index contributed by atoms with van der Waals surface area (Å²) in [6.45, 7) is 16.2. The van der Waals surface area contributed by atoms with Gasteiger partial charge in [0.1, 0.15) is 12.4 Å². The highest BCUT2D eigenvalue weighted by Crippen LogP contribution is 2.40. The minimum Gasteiger partial charge on any atom is -0.497 e. The SMILES string of the molecule is COc1ccc(COC/C=C\C[C@@H](C)[C@@H](O[Si](C)(C)C(C)(C)C)[C@H](C)C(=O)N2C(=O)OC[C@@H]2Cc2ccccc2)cc1. The number of cyclic esters (lactones) is 1. The zero-order valence-corrected chi connectivity index (χ0v) is 27.6. The average molecular weight is 596 g/mol. The van der Waals surface area contributed by atoms with Crippen LogP contribution < -0.4 is 4.74 Å². The summed E-state index contributed by atoms with van der Waals surface area (Å²) in [7, 11) is -0.571. The number of allylic oxidation sites excluding steroid dienone is 1. The predicted molar refractivity (Wildman–Crippen MR) is 169 cm³/mol. The molecule has 0 spiro atoms. The van der Waals surface area contributed by atoms with Crippen LogP contribution in [0.1, 0.15) is 52.2 Å². The van der Waals surface area contributed by atoms with E-state index in [1.807, 2.05) is 67.6 Å². The van der Waals surface area contributed by atoms with Gasteiger partial charge < -0.3 is 18.6 Å². The average Bonchev–Trinajstić information content (AvgIpc) is 3.32. The lowest BCUT2D eigenvalue weighted by atomic mass is 9.89. The molecule has 1 aliphatic heterocycles. The van der Waals surface area contributed by atoms with Gasteiger partial charge in [0.05, 0.1) is 38.4 Å². The maximum atomic E-state index is 13.9. The molecule has 2 aromatic carbocycles. The zero-order valence-electron chi connectivity index (χ0n) is 26.6. The van der Waals surface area contributed by atoms with Gasteiger partial charge in [-0.05, 0) is 60.2 Å². The number of carbonyl (C=O) groups excluding carboxylic acids is 2. The summed E-state index contributed by atoms with van der Waals surface area (Å²) in [5.41, 5.74) is 2.15. The Morgan fingerprint density at radius 3 is 2.33 bits per heavy atom. The van der Waals surface area contributed by atoms with Gasteiger partial charge >= 0.3 is 6.09 Å². The molecular weight excluding hydrogens is 546 g/mol. The molecule has 1 heterocycles. The van der Waals surface area contributed by atoms with Crippen LogP contribution in [0.4, 0.5) is 4.79 Å². The number of ether oxygens (including phenoxy) is 3. The van der Waals surface area contributed by atoms with Gasteiger partial charge in [0.15, 0.2) is 8.32 Å². The van der Waals surface area contributed by atoms with Crippen LogP contribution in [0, 0.1) is 11.8 Å². The smallest absolute Gasteiger partial charge is 0.416 e. The second kappa shape index (κ2) is 15.0. The fourth-order valence-electron chi connectivity index (χ4n) is 4.83. The highest BCUT2D eigenvalue weighted by molar-refractivity contribution is 6.74. The number of amides is 2. The number of hydrogen-bond acceptors (Lipinski definition) is 6. The minimum atomic E-state index is -2.22.